The number of anilines is 1. The van der Waals surface area contributed by atoms with Gasteiger partial charge >= 0.3 is 0 Å². The van der Waals surface area contributed by atoms with Crippen molar-refractivity contribution in [3.8, 4) is 0 Å². The second kappa shape index (κ2) is 6.76. The molecule has 18 heavy (non-hydrogen) atoms. The van der Waals surface area contributed by atoms with Crippen molar-refractivity contribution in [3.05, 3.63) is 29.8 Å². The number of nitrogens with two attached hydrogens (primary N) is 1. The molecule has 1 aliphatic heterocycles. The number of nitrogens with zero attached hydrogens (tertiary/aromatic N) is 1. The standard InChI is InChI=1S/C15H24N2O/c1-17(15-7-10-18-11-8-15)9-3-5-13-4-2-6-14(16)12-13/h2,4,6,12,15H,3,5,7-11,16H2,1H3. The molecule has 1 heterocycles. The van der Waals surface area contributed by atoms with E-state index < -0.39 is 0 Å². The minimum absolute atomic E-state index is 0.708. The molecule has 0 aliphatic carbocycles. The molecule has 1 aromatic carbocycles. The van der Waals surface area contributed by atoms with E-state index in [1.807, 2.05) is 12.1 Å². The van der Waals surface area contributed by atoms with Gasteiger partial charge in [0.15, 0.2) is 0 Å². The second-order valence-corrected chi connectivity index (χ2v) is 5.17. The highest BCUT2D eigenvalue weighted by Gasteiger charge is 2.17. The van der Waals surface area contributed by atoms with Gasteiger partial charge in [-0.1, -0.05) is 12.1 Å². The summed E-state index contributed by atoms with van der Waals surface area (Å²) in [6.45, 7) is 2.99. The van der Waals surface area contributed by atoms with Gasteiger partial charge in [0.1, 0.15) is 0 Å². The van der Waals surface area contributed by atoms with Crippen LogP contribution in [0, 0.1) is 0 Å². The van der Waals surface area contributed by atoms with E-state index in [4.69, 9.17) is 10.5 Å². The van der Waals surface area contributed by atoms with Gasteiger partial charge in [-0.25, -0.2) is 0 Å². The lowest BCUT2D eigenvalue weighted by Crippen LogP contribution is -2.37. The molecule has 2 rings (SSSR count). The first-order valence-corrected chi connectivity index (χ1v) is 6.88. The Labute approximate surface area is 110 Å². The van der Waals surface area contributed by atoms with Crippen LogP contribution in [-0.2, 0) is 11.2 Å². The van der Waals surface area contributed by atoms with Crippen LogP contribution in [0.5, 0.6) is 0 Å². The molecular formula is C15H24N2O. The minimum Gasteiger partial charge on any atom is -0.399 e. The molecule has 0 radical (unpaired) electrons. The van der Waals surface area contributed by atoms with E-state index in [2.05, 4.69) is 24.1 Å². The molecule has 0 bridgehead atoms. The van der Waals surface area contributed by atoms with E-state index in [1.165, 1.54) is 24.8 Å². The number of ether oxygens (including phenoxy) is 1. The quantitative estimate of drug-likeness (QED) is 0.813. The molecule has 1 aliphatic rings. The van der Waals surface area contributed by atoms with Crippen LogP contribution in [-0.4, -0.2) is 37.7 Å². The summed E-state index contributed by atoms with van der Waals surface area (Å²) in [6, 6.07) is 8.92. The van der Waals surface area contributed by atoms with Crippen molar-refractivity contribution in [3.63, 3.8) is 0 Å². The fraction of sp³-hybridized carbons (Fsp3) is 0.600. The van der Waals surface area contributed by atoms with Crippen molar-refractivity contribution in [2.45, 2.75) is 31.7 Å². The van der Waals surface area contributed by atoms with Gasteiger partial charge in [-0.3, -0.25) is 0 Å². The predicted molar refractivity (Wildman–Crippen MR) is 75.6 cm³/mol. The van der Waals surface area contributed by atoms with E-state index in [0.29, 0.717) is 6.04 Å². The number of hydrogen-bond donors (Lipinski definition) is 1. The first kappa shape index (κ1) is 13.4. The summed E-state index contributed by atoms with van der Waals surface area (Å²) in [5.74, 6) is 0. The fourth-order valence-corrected chi connectivity index (χ4v) is 2.59. The number of hydrogen-bond acceptors (Lipinski definition) is 3. The average Bonchev–Trinajstić information content (AvgIpc) is 2.40. The van der Waals surface area contributed by atoms with E-state index in [9.17, 15) is 0 Å². The highest BCUT2D eigenvalue weighted by atomic mass is 16.5. The van der Waals surface area contributed by atoms with E-state index in [0.717, 1.165) is 31.9 Å². The lowest BCUT2D eigenvalue weighted by Gasteiger charge is -2.31. The molecule has 0 amide bonds. The Bertz CT molecular complexity index is 361. The topological polar surface area (TPSA) is 38.5 Å². The van der Waals surface area contributed by atoms with Gasteiger partial charge in [0.2, 0.25) is 0 Å². The Balaban J connectivity index is 1.71. The predicted octanol–water partition coefficient (Wildman–Crippen LogP) is 2.31. The molecule has 3 nitrogen and oxygen atoms in total. The van der Waals surface area contributed by atoms with Gasteiger partial charge in [0.25, 0.3) is 0 Å². The van der Waals surface area contributed by atoms with Crippen molar-refractivity contribution < 1.29 is 4.74 Å². The van der Waals surface area contributed by atoms with Crippen LogP contribution >= 0.6 is 0 Å². The van der Waals surface area contributed by atoms with Gasteiger partial charge < -0.3 is 15.4 Å². The summed E-state index contributed by atoms with van der Waals surface area (Å²) < 4.78 is 5.40. The number of rotatable bonds is 5. The molecule has 1 aromatic rings. The van der Waals surface area contributed by atoms with Crippen LogP contribution < -0.4 is 5.73 Å². The van der Waals surface area contributed by atoms with Gasteiger partial charge in [-0.2, -0.15) is 0 Å². The van der Waals surface area contributed by atoms with Crippen LogP contribution in [0.1, 0.15) is 24.8 Å². The lowest BCUT2D eigenvalue weighted by atomic mass is 10.1. The van der Waals surface area contributed by atoms with Crippen LogP contribution in [0.15, 0.2) is 24.3 Å². The van der Waals surface area contributed by atoms with Crippen LogP contribution in [0.2, 0.25) is 0 Å². The summed E-state index contributed by atoms with van der Waals surface area (Å²) in [4.78, 5) is 2.48. The van der Waals surface area contributed by atoms with Crippen molar-refractivity contribution in [2.24, 2.45) is 0 Å². The zero-order valence-electron chi connectivity index (χ0n) is 11.3. The third-order valence-electron chi connectivity index (χ3n) is 3.74. The van der Waals surface area contributed by atoms with Gasteiger partial charge in [-0.15, -0.1) is 0 Å². The largest absolute Gasteiger partial charge is 0.399 e. The average molecular weight is 248 g/mol. The number of benzene rings is 1. The lowest BCUT2D eigenvalue weighted by molar-refractivity contribution is 0.0428. The normalized spacial score (nSPS) is 17.2. The van der Waals surface area contributed by atoms with Gasteiger partial charge in [0, 0.05) is 24.9 Å². The Morgan fingerprint density at radius 1 is 1.33 bits per heavy atom. The molecule has 0 aromatic heterocycles. The number of nitrogen functional groups attached to an aromatic ring is 1. The highest BCUT2D eigenvalue weighted by molar-refractivity contribution is 5.40. The third-order valence-corrected chi connectivity index (χ3v) is 3.74. The molecule has 3 heteroatoms. The Morgan fingerprint density at radius 2 is 2.11 bits per heavy atom. The SMILES string of the molecule is CN(CCCc1cccc(N)c1)C1CCOCC1. The number of aryl methyl sites for hydroxylation is 1. The first-order valence-electron chi connectivity index (χ1n) is 6.88. The van der Waals surface area contributed by atoms with Crippen molar-refractivity contribution in [1.29, 1.82) is 0 Å². The smallest absolute Gasteiger partial charge is 0.0480 e. The van der Waals surface area contributed by atoms with Gasteiger partial charge in [-0.05, 0) is 57.0 Å². The van der Waals surface area contributed by atoms with Crippen molar-refractivity contribution in [2.75, 3.05) is 32.5 Å². The second-order valence-electron chi connectivity index (χ2n) is 5.17. The summed E-state index contributed by atoms with van der Waals surface area (Å²) in [5.41, 5.74) is 7.99. The zero-order chi connectivity index (χ0) is 12.8. The van der Waals surface area contributed by atoms with E-state index >= 15 is 0 Å². The summed E-state index contributed by atoms with van der Waals surface area (Å²) in [6.07, 6.45) is 4.65. The highest BCUT2D eigenvalue weighted by Crippen LogP contribution is 2.14. The Hall–Kier alpha value is -1.06. The summed E-state index contributed by atoms with van der Waals surface area (Å²) >= 11 is 0. The molecule has 0 spiro atoms. The first-order chi connectivity index (χ1) is 8.75. The van der Waals surface area contributed by atoms with Crippen LogP contribution in [0.3, 0.4) is 0 Å². The third kappa shape index (κ3) is 4.00. The fourth-order valence-electron chi connectivity index (χ4n) is 2.59. The summed E-state index contributed by atoms with van der Waals surface area (Å²) in [5, 5.41) is 0. The molecule has 2 N–H and O–H groups in total. The maximum absolute atomic E-state index is 5.78. The Morgan fingerprint density at radius 3 is 2.83 bits per heavy atom. The maximum atomic E-state index is 5.78. The molecule has 0 atom stereocenters. The van der Waals surface area contributed by atoms with Gasteiger partial charge in [0.05, 0.1) is 0 Å². The molecule has 1 saturated heterocycles. The van der Waals surface area contributed by atoms with Crippen molar-refractivity contribution in [1.82, 2.24) is 4.90 Å². The van der Waals surface area contributed by atoms with Crippen molar-refractivity contribution >= 4 is 5.69 Å². The monoisotopic (exact) mass is 248 g/mol. The van der Waals surface area contributed by atoms with E-state index in [1.54, 1.807) is 0 Å². The Kier molecular flexibility index (Phi) is 5.02. The minimum atomic E-state index is 0.708. The van der Waals surface area contributed by atoms with Crippen LogP contribution in [0.4, 0.5) is 5.69 Å². The molecule has 0 unspecified atom stereocenters. The van der Waals surface area contributed by atoms with Crippen LogP contribution in [0.25, 0.3) is 0 Å². The van der Waals surface area contributed by atoms with E-state index in [-0.39, 0.29) is 0 Å². The molecular weight excluding hydrogens is 224 g/mol. The maximum Gasteiger partial charge on any atom is 0.0480 e. The summed E-state index contributed by atoms with van der Waals surface area (Å²) in [7, 11) is 2.23. The zero-order valence-corrected chi connectivity index (χ0v) is 11.3. The molecule has 0 saturated carbocycles. The molecule has 100 valence electrons. The molecule has 1 fully saturated rings.